The average Bonchev–Trinajstić information content (AvgIpc) is 2.31. The van der Waals surface area contributed by atoms with Gasteiger partial charge >= 0.3 is 18.3 Å². The van der Waals surface area contributed by atoms with E-state index in [4.69, 9.17) is 16.7 Å². The van der Waals surface area contributed by atoms with Crippen molar-refractivity contribution in [3.63, 3.8) is 0 Å². The van der Waals surface area contributed by atoms with Gasteiger partial charge in [0, 0.05) is 19.3 Å². The number of carboxylic acid groups (broad SMARTS) is 1. The largest absolute Gasteiger partial charge is 0.481 e. The number of carboxylic acids is 1. The minimum atomic E-state index is -6.18. The van der Waals surface area contributed by atoms with Gasteiger partial charge in [-0.3, -0.25) is 9.59 Å². The van der Waals surface area contributed by atoms with Gasteiger partial charge in [0.25, 0.3) is 5.67 Å². The highest BCUT2D eigenvalue weighted by Gasteiger charge is 2.71. The van der Waals surface area contributed by atoms with Gasteiger partial charge in [-0.1, -0.05) is 13.3 Å². The highest BCUT2D eigenvalue weighted by Crippen LogP contribution is 2.48. The molecule has 0 bridgehead atoms. The Bertz CT molecular complexity index is 352. The summed E-state index contributed by atoms with van der Waals surface area (Å²) in [5, 5.41) is 7.69. The van der Waals surface area contributed by atoms with Crippen LogP contribution in [0.5, 0.6) is 0 Å². The van der Waals surface area contributed by atoms with E-state index in [0.29, 0.717) is 6.42 Å². The molecule has 0 aliphatic heterocycles. The number of aliphatic carboxylic acids is 1. The van der Waals surface area contributed by atoms with Gasteiger partial charge in [-0.2, -0.15) is 26.3 Å². The Hall–Kier alpha value is -1.06. The van der Waals surface area contributed by atoms with Crippen LogP contribution in [-0.4, -0.2) is 34.3 Å². The van der Waals surface area contributed by atoms with E-state index in [1.807, 2.05) is 6.92 Å². The fourth-order valence-electron chi connectivity index (χ4n) is 1.04. The lowest BCUT2D eigenvalue weighted by Gasteiger charge is -2.29. The average molecular weight is 363 g/mol. The van der Waals surface area contributed by atoms with Crippen molar-refractivity contribution in [2.24, 2.45) is 0 Å². The third-order valence-corrected chi connectivity index (χ3v) is 2.50. The molecular formula is C11H14ClF7O3. The van der Waals surface area contributed by atoms with E-state index in [1.54, 1.807) is 0 Å². The highest BCUT2D eigenvalue weighted by atomic mass is 35.5. The lowest BCUT2D eigenvalue weighted by atomic mass is 9.98. The second-order valence-electron chi connectivity index (χ2n) is 4.15. The molecule has 0 saturated heterocycles. The predicted molar refractivity (Wildman–Crippen MR) is 63.2 cm³/mol. The molecule has 132 valence electrons. The van der Waals surface area contributed by atoms with Crippen LogP contribution in [0.2, 0.25) is 0 Å². The fourth-order valence-corrected chi connectivity index (χ4v) is 1.17. The fraction of sp³-hybridized carbons (Fsp3) is 0.818. The maximum absolute atomic E-state index is 12.7. The molecule has 11 heteroatoms. The summed E-state index contributed by atoms with van der Waals surface area (Å²) in [6.07, 6.45) is -13.6. The van der Waals surface area contributed by atoms with Crippen molar-refractivity contribution >= 4 is 22.8 Å². The summed E-state index contributed by atoms with van der Waals surface area (Å²) < 4.78 is 83.2. The van der Waals surface area contributed by atoms with Gasteiger partial charge < -0.3 is 5.11 Å². The predicted octanol–water partition coefficient (Wildman–Crippen LogP) is 4.63. The Labute approximate surface area is 126 Å². The number of unbranched alkanes of at least 4 members (excludes halogenated alkanes) is 1. The molecule has 22 heavy (non-hydrogen) atoms. The first-order valence-corrected chi connectivity index (χ1v) is 6.29. The molecule has 0 unspecified atom stereocenters. The monoisotopic (exact) mass is 362 g/mol. The summed E-state index contributed by atoms with van der Waals surface area (Å²) in [4.78, 5) is 19.8. The lowest BCUT2D eigenvalue weighted by molar-refractivity contribution is -0.343. The topological polar surface area (TPSA) is 54.4 Å². The number of alkyl halides is 7. The van der Waals surface area contributed by atoms with Crippen molar-refractivity contribution in [1.82, 2.24) is 0 Å². The third-order valence-electron chi connectivity index (χ3n) is 2.31. The lowest BCUT2D eigenvalue weighted by Crippen LogP contribution is -2.53. The van der Waals surface area contributed by atoms with E-state index in [2.05, 4.69) is 0 Å². The minimum absolute atomic E-state index is 0.221. The van der Waals surface area contributed by atoms with Crippen LogP contribution in [0.15, 0.2) is 0 Å². The molecule has 0 radical (unpaired) electrons. The minimum Gasteiger partial charge on any atom is -0.481 e. The summed E-state index contributed by atoms with van der Waals surface area (Å²) in [6, 6.07) is 0. The molecule has 0 aromatic carbocycles. The molecule has 0 heterocycles. The molecule has 0 rings (SSSR count). The number of carbonyl (C=O) groups excluding carboxylic acids is 1. The number of hydrogen-bond donors (Lipinski definition) is 1. The molecule has 0 aromatic heterocycles. The second kappa shape index (κ2) is 9.16. The van der Waals surface area contributed by atoms with Crippen LogP contribution in [0.4, 0.5) is 30.7 Å². The van der Waals surface area contributed by atoms with Gasteiger partial charge in [-0.05, 0) is 18.0 Å². The first kappa shape index (κ1) is 23.2. The number of hydrogen-bond acceptors (Lipinski definition) is 2. The van der Waals surface area contributed by atoms with Gasteiger partial charge in [0.1, 0.15) is 0 Å². The molecular weight excluding hydrogens is 349 g/mol. The van der Waals surface area contributed by atoms with Crippen molar-refractivity contribution in [3.05, 3.63) is 0 Å². The zero-order valence-electron chi connectivity index (χ0n) is 11.3. The highest BCUT2D eigenvalue weighted by molar-refractivity contribution is 6.63. The van der Waals surface area contributed by atoms with Crippen molar-refractivity contribution in [2.45, 2.75) is 57.0 Å². The molecule has 0 aliphatic carbocycles. The summed E-state index contributed by atoms with van der Waals surface area (Å²) in [5.41, 5.74) is -5.47. The third kappa shape index (κ3) is 8.40. The van der Waals surface area contributed by atoms with Crippen molar-refractivity contribution in [2.75, 3.05) is 0 Å². The van der Waals surface area contributed by atoms with Gasteiger partial charge in [0.2, 0.25) is 5.24 Å². The van der Waals surface area contributed by atoms with Crippen LogP contribution in [0, 0.1) is 0 Å². The van der Waals surface area contributed by atoms with Gasteiger partial charge in [0.05, 0.1) is 0 Å². The number of rotatable bonds is 6. The van der Waals surface area contributed by atoms with E-state index in [0.717, 1.165) is 12.8 Å². The second-order valence-corrected chi connectivity index (χ2v) is 4.57. The molecule has 0 saturated carbocycles. The standard InChI is InChI=1S/C6H5F7O2.C5H9ClO/c7-4(5(8,9)10,6(11,12)13)2-1-3(14)15;1-2-3-4-5(6)7/h1-2H2,(H,14,15);2-4H2,1H3. The van der Waals surface area contributed by atoms with Gasteiger partial charge in [-0.15, -0.1) is 0 Å². The summed E-state index contributed by atoms with van der Waals surface area (Å²) in [7, 11) is 0. The first-order chi connectivity index (χ1) is 9.69. The van der Waals surface area contributed by atoms with Crippen LogP contribution in [0.1, 0.15) is 39.0 Å². The Morgan fingerprint density at radius 3 is 1.55 bits per heavy atom. The zero-order valence-corrected chi connectivity index (χ0v) is 12.1. The van der Waals surface area contributed by atoms with E-state index in [-0.39, 0.29) is 5.24 Å². The quantitative estimate of drug-likeness (QED) is 0.554. The molecule has 0 spiro atoms. The molecule has 1 N–H and O–H groups in total. The van der Waals surface area contributed by atoms with Crippen molar-refractivity contribution in [1.29, 1.82) is 0 Å². The van der Waals surface area contributed by atoms with E-state index >= 15 is 0 Å². The van der Waals surface area contributed by atoms with Crippen LogP contribution < -0.4 is 0 Å². The van der Waals surface area contributed by atoms with E-state index in [1.165, 1.54) is 0 Å². The molecule has 0 aliphatic rings. The van der Waals surface area contributed by atoms with Crippen LogP contribution in [0.25, 0.3) is 0 Å². The summed E-state index contributed by atoms with van der Waals surface area (Å²) in [5.74, 6) is -1.94. The van der Waals surface area contributed by atoms with Crippen LogP contribution in [0.3, 0.4) is 0 Å². The number of carbonyl (C=O) groups is 2. The molecule has 0 atom stereocenters. The van der Waals surface area contributed by atoms with Crippen LogP contribution >= 0.6 is 11.6 Å². The van der Waals surface area contributed by atoms with Crippen LogP contribution in [-0.2, 0) is 9.59 Å². The molecule has 0 aromatic rings. The first-order valence-electron chi connectivity index (χ1n) is 5.91. The molecule has 3 nitrogen and oxygen atoms in total. The number of halogens is 8. The van der Waals surface area contributed by atoms with Crippen molar-refractivity contribution in [3.8, 4) is 0 Å². The van der Waals surface area contributed by atoms with Gasteiger partial charge in [-0.25, -0.2) is 4.39 Å². The molecule has 0 fully saturated rings. The molecule has 0 amide bonds. The Kier molecular flexibility index (Phi) is 9.67. The summed E-state index contributed by atoms with van der Waals surface area (Å²) >= 11 is 5.02. The smallest absolute Gasteiger partial charge is 0.431 e. The van der Waals surface area contributed by atoms with E-state index in [9.17, 15) is 40.3 Å². The zero-order chi connectivity index (χ0) is 18.2. The SMILES string of the molecule is CCCCC(=O)Cl.O=C(O)CCC(F)(C(F)(F)F)C(F)(F)F. The van der Waals surface area contributed by atoms with Crippen molar-refractivity contribution < 1.29 is 45.4 Å². The van der Waals surface area contributed by atoms with Gasteiger partial charge in [0.15, 0.2) is 0 Å². The van der Waals surface area contributed by atoms with E-state index < -0.39 is 36.8 Å². The normalized spacial score (nSPS) is 12.4. The Morgan fingerprint density at radius 1 is 0.955 bits per heavy atom. The Balaban J connectivity index is 0. The maximum atomic E-state index is 12.7. The summed E-state index contributed by atoms with van der Waals surface area (Å²) in [6.45, 7) is 2.03. The Morgan fingerprint density at radius 2 is 1.36 bits per heavy atom. The maximum Gasteiger partial charge on any atom is 0.431 e.